The molecule has 0 saturated heterocycles. The molecule has 0 saturated carbocycles. The standard InChI is InChI=1S/C16H31BrO2/c1-3-4-5-6-7-9-12-15(2)19-16(18)13-10-8-11-14-17/h15H,3-14H2,1-2H3. The maximum absolute atomic E-state index is 11.6. The van der Waals surface area contributed by atoms with E-state index in [2.05, 4.69) is 22.9 Å². The van der Waals surface area contributed by atoms with Crippen molar-refractivity contribution in [3.63, 3.8) is 0 Å². The van der Waals surface area contributed by atoms with Crippen molar-refractivity contribution in [2.24, 2.45) is 0 Å². The summed E-state index contributed by atoms with van der Waals surface area (Å²) < 4.78 is 5.41. The number of hydrogen-bond donors (Lipinski definition) is 0. The number of rotatable bonds is 13. The van der Waals surface area contributed by atoms with Crippen LogP contribution in [0.4, 0.5) is 0 Å². The summed E-state index contributed by atoms with van der Waals surface area (Å²) in [5.41, 5.74) is 0. The van der Waals surface area contributed by atoms with Gasteiger partial charge in [-0.15, -0.1) is 0 Å². The summed E-state index contributed by atoms with van der Waals surface area (Å²) in [6.45, 7) is 4.25. The van der Waals surface area contributed by atoms with Crippen LogP contribution in [-0.4, -0.2) is 17.4 Å². The summed E-state index contributed by atoms with van der Waals surface area (Å²) in [6, 6.07) is 0. The van der Waals surface area contributed by atoms with Crippen LogP contribution in [0.25, 0.3) is 0 Å². The molecule has 0 heterocycles. The minimum atomic E-state index is -0.0203. The lowest BCUT2D eigenvalue weighted by Crippen LogP contribution is -2.14. The Kier molecular flexibility index (Phi) is 14.3. The molecule has 0 N–H and O–H groups in total. The minimum absolute atomic E-state index is 0.0203. The van der Waals surface area contributed by atoms with E-state index in [1.54, 1.807) is 0 Å². The van der Waals surface area contributed by atoms with Crippen LogP contribution in [0.1, 0.15) is 84.5 Å². The molecule has 2 nitrogen and oxygen atoms in total. The van der Waals surface area contributed by atoms with Gasteiger partial charge in [-0.2, -0.15) is 0 Å². The summed E-state index contributed by atoms with van der Waals surface area (Å²) in [4.78, 5) is 11.6. The third-order valence-electron chi connectivity index (χ3n) is 3.31. The largest absolute Gasteiger partial charge is 0.463 e. The summed E-state index contributed by atoms with van der Waals surface area (Å²) in [6.07, 6.45) is 12.6. The van der Waals surface area contributed by atoms with Gasteiger partial charge in [-0.1, -0.05) is 61.4 Å². The van der Waals surface area contributed by atoms with Crippen LogP contribution in [0, 0.1) is 0 Å². The first kappa shape index (κ1) is 18.9. The Balaban J connectivity index is 3.36. The zero-order valence-corrected chi connectivity index (χ0v) is 14.3. The average molecular weight is 335 g/mol. The molecule has 0 fully saturated rings. The normalized spacial score (nSPS) is 12.4. The highest BCUT2D eigenvalue weighted by atomic mass is 79.9. The number of carbonyl (C=O) groups is 1. The lowest BCUT2D eigenvalue weighted by atomic mass is 10.1. The van der Waals surface area contributed by atoms with Crippen LogP contribution in [-0.2, 0) is 9.53 Å². The predicted molar refractivity (Wildman–Crippen MR) is 85.8 cm³/mol. The Morgan fingerprint density at radius 3 is 2.32 bits per heavy atom. The molecule has 0 aliphatic heterocycles. The van der Waals surface area contributed by atoms with Crippen molar-refractivity contribution in [1.82, 2.24) is 0 Å². The second kappa shape index (κ2) is 14.4. The van der Waals surface area contributed by atoms with Gasteiger partial charge >= 0.3 is 5.97 Å². The average Bonchev–Trinajstić information content (AvgIpc) is 2.39. The molecule has 1 unspecified atom stereocenters. The molecule has 0 radical (unpaired) electrons. The van der Waals surface area contributed by atoms with Crippen molar-refractivity contribution in [1.29, 1.82) is 0 Å². The van der Waals surface area contributed by atoms with Crippen molar-refractivity contribution in [2.75, 3.05) is 5.33 Å². The van der Waals surface area contributed by atoms with Gasteiger partial charge in [0, 0.05) is 11.8 Å². The molecule has 0 amide bonds. The molecule has 114 valence electrons. The molecule has 3 heteroatoms. The van der Waals surface area contributed by atoms with Gasteiger partial charge < -0.3 is 4.74 Å². The Hall–Kier alpha value is -0.0500. The predicted octanol–water partition coefficient (Wildman–Crippen LogP) is 5.62. The van der Waals surface area contributed by atoms with Crippen molar-refractivity contribution in [3.05, 3.63) is 0 Å². The Morgan fingerprint density at radius 2 is 1.63 bits per heavy atom. The van der Waals surface area contributed by atoms with E-state index < -0.39 is 0 Å². The summed E-state index contributed by atoms with van der Waals surface area (Å²) in [5.74, 6) is -0.0203. The molecule has 0 spiro atoms. The molecule has 0 aliphatic rings. The summed E-state index contributed by atoms with van der Waals surface area (Å²) in [7, 11) is 0. The van der Waals surface area contributed by atoms with E-state index in [4.69, 9.17) is 4.74 Å². The minimum Gasteiger partial charge on any atom is -0.463 e. The van der Waals surface area contributed by atoms with Crippen LogP contribution < -0.4 is 0 Å². The lowest BCUT2D eigenvalue weighted by molar-refractivity contribution is -0.148. The maximum Gasteiger partial charge on any atom is 0.306 e. The van der Waals surface area contributed by atoms with Crippen molar-refractivity contribution < 1.29 is 9.53 Å². The smallest absolute Gasteiger partial charge is 0.306 e. The molecule has 19 heavy (non-hydrogen) atoms. The highest BCUT2D eigenvalue weighted by Gasteiger charge is 2.08. The third-order valence-corrected chi connectivity index (χ3v) is 3.87. The highest BCUT2D eigenvalue weighted by molar-refractivity contribution is 9.09. The van der Waals surface area contributed by atoms with Crippen molar-refractivity contribution in [2.45, 2.75) is 90.6 Å². The van der Waals surface area contributed by atoms with E-state index in [1.165, 1.54) is 38.5 Å². The first-order chi connectivity index (χ1) is 9.20. The third kappa shape index (κ3) is 14.2. The molecule has 0 bridgehead atoms. The fraction of sp³-hybridized carbons (Fsp3) is 0.938. The second-order valence-corrected chi connectivity index (χ2v) is 6.15. The van der Waals surface area contributed by atoms with Gasteiger partial charge in [0.1, 0.15) is 0 Å². The van der Waals surface area contributed by atoms with E-state index in [9.17, 15) is 4.79 Å². The SMILES string of the molecule is CCCCCCCCC(C)OC(=O)CCCCCBr. The van der Waals surface area contributed by atoms with Gasteiger partial charge in [0.05, 0.1) is 6.10 Å². The molecule has 0 aromatic carbocycles. The number of alkyl halides is 1. The first-order valence-electron chi connectivity index (χ1n) is 7.96. The molecule has 0 rings (SSSR count). The fourth-order valence-corrected chi connectivity index (χ4v) is 2.49. The summed E-state index contributed by atoms with van der Waals surface area (Å²) in [5, 5.41) is 1.02. The van der Waals surface area contributed by atoms with E-state index in [0.717, 1.165) is 31.0 Å². The van der Waals surface area contributed by atoms with Crippen molar-refractivity contribution >= 4 is 21.9 Å². The second-order valence-electron chi connectivity index (χ2n) is 5.36. The quantitative estimate of drug-likeness (QED) is 0.248. The Bertz CT molecular complexity index is 207. The van der Waals surface area contributed by atoms with Gasteiger partial charge in [-0.25, -0.2) is 0 Å². The lowest BCUT2D eigenvalue weighted by Gasteiger charge is -2.13. The fourth-order valence-electron chi connectivity index (χ4n) is 2.09. The van der Waals surface area contributed by atoms with Crippen LogP contribution in [0.5, 0.6) is 0 Å². The van der Waals surface area contributed by atoms with Crippen LogP contribution in [0.2, 0.25) is 0 Å². The molecular weight excluding hydrogens is 304 g/mol. The Morgan fingerprint density at radius 1 is 1.00 bits per heavy atom. The van der Waals surface area contributed by atoms with Crippen molar-refractivity contribution in [3.8, 4) is 0 Å². The van der Waals surface area contributed by atoms with Crippen LogP contribution >= 0.6 is 15.9 Å². The molecular formula is C16H31BrO2. The topological polar surface area (TPSA) is 26.3 Å². The van der Waals surface area contributed by atoms with Crippen LogP contribution in [0.3, 0.4) is 0 Å². The number of halogens is 1. The van der Waals surface area contributed by atoms with E-state index >= 15 is 0 Å². The summed E-state index contributed by atoms with van der Waals surface area (Å²) >= 11 is 3.39. The Labute approximate surface area is 127 Å². The highest BCUT2D eigenvalue weighted by Crippen LogP contribution is 2.11. The number of carbonyl (C=O) groups excluding carboxylic acids is 1. The molecule has 0 aliphatic carbocycles. The van der Waals surface area contributed by atoms with E-state index in [0.29, 0.717) is 6.42 Å². The molecule has 0 aromatic rings. The van der Waals surface area contributed by atoms with Gasteiger partial charge in [-0.05, 0) is 32.6 Å². The van der Waals surface area contributed by atoms with Gasteiger partial charge in [0.2, 0.25) is 0 Å². The van der Waals surface area contributed by atoms with E-state index in [-0.39, 0.29) is 12.1 Å². The van der Waals surface area contributed by atoms with Gasteiger partial charge in [-0.3, -0.25) is 4.79 Å². The van der Waals surface area contributed by atoms with Gasteiger partial charge in [0.15, 0.2) is 0 Å². The monoisotopic (exact) mass is 334 g/mol. The molecule has 1 atom stereocenters. The maximum atomic E-state index is 11.6. The zero-order valence-electron chi connectivity index (χ0n) is 12.8. The number of hydrogen-bond acceptors (Lipinski definition) is 2. The number of unbranched alkanes of at least 4 members (excludes halogenated alkanes) is 7. The molecule has 0 aromatic heterocycles. The van der Waals surface area contributed by atoms with E-state index in [1.807, 2.05) is 6.92 Å². The van der Waals surface area contributed by atoms with Gasteiger partial charge in [0.25, 0.3) is 0 Å². The zero-order chi connectivity index (χ0) is 14.3. The number of ether oxygens (including phenoxy) is 1. The van der Waals surface area contributed by atoms with Crippen LogP contribution in [0.15, 0.2) is 0 Å². The first-order valence-corrected chi connectivity index (χ1v) is 9.08. The number of esters is 1.